The molecular weight excluding hydrogens is 548 g/mol. The van der Waals surface area contributed by atoms with E-state index in [4.69, 9.17) is 14.7 Å². The molecule has 0 aliphatic heterocycles. The largest absolute Gasteiger partial charge is 0.389 e. The van der Waals surface area contributed by atoms with Crippen LogP contribution in [0.4, 0.5) is 5.82 Å². The maximum absolute atomic E-state index is 11.8. The molecule has 0 aliphatic rings. The average molecular weight is 585 g/mol. The number of nitrogens with one attached hydrogen (secondary N) is 1. The predicted octanol–water partition coefficient (Wildman–Crippen LogP) is 7.11. The van der Waals surface area contributed by atoms with Gasteiger partial charge in [0, 0.05) is 17.6 Å². The zero-order chi connectivity index (χ0) is 30.7. The fourth-order valence-electron chi connectivity index (χ4n) is 5.93. The number of anilines is 1. The van der Waals surface area contributed by atoms with Gasteiger partial charge in [-0.2, -0.15) is 0 Å². The molecular formula is C37H36N4O3. The molecule has 0 aliphatic carbocycles. The van der Waals surface area contributed by atoms with Crippen LogP contribution in [0.3, 0.4) is 0 Å². The summed E-state index contributed by atoms with van der Waals surface area (Å²) in [5.74, 6) is 1.24. The third-order valence-corrected chi connectivity index (χ3v) is 7.82. The molecule has 7 nitrogen and oxygen atoms in total. The molecule has 0 saturated heterocycles. The second-order valence-electron chi connectivity index (χ2n) is 11.6. The standard InChI is InChI=1S/C37H36N4O3/c1-4-44-24-32-39-33-34(41(32)25-36(2,3)43)30-21-20-26(23-42)22-31(30)38-35(33)40-37(27-14-8-5-9-15-27,28-16-10-6-11-17-28)29-18-12-7-13-19-29/h5-23,43H,4,24-25H2,1-3H3,(H,38,40). The Kier molecular flexibility index (Phi) is 7.99. The van der Waals surface area contributed by atoms with Crippen molar-refractivity contribution >= 4 is 34.0 Å². The molecule has 0 unspecified atom stereocenters. The molecule has 0 spiro atoms. The molecule has 0 atom stereocenters. The molecule has 0 fully saturated rings. The van der Waals surface area contributed by atoms with Gasteiger partial charge in [0.25, 0.3) is 0 Å². The van der Waals surface area contributed by atoms with Crippen LogP contribution >= 0.6 is 0 Å². The highest BCUT2D eigenvalue weighted by Gasteiger charge is 2.38. The number of fused-ring (bicyclic) bond motifs is 3. The van der Waals surface area contributed by atoms with Crippen LogP contribution in [0.25, 0.3) is 21.9 Å². The van der Waals surface area contributed by atoms with E-state index in [1.807, 2.05) is 72.2 Å². The van der Waals surface area contributed by atoms with E-state index in [2.05, 4.69) is 41.7 Å². The Hall–Kier alpha value is -4.85. The summed E-state index contributed by atoms with van der Waals surface area (Å²) in [7, 11) is 0. The van der Waals surface area contributed by atoms with Gasteiger partial charge in [0.05, 0.1) is 23.2 Å². The Morgan fingerprint density at radius 1 is 0.841 bits per heavy atom. The molecule has 0 saturated carbocycles. The van der Waals surface area contributed by atoms with Crippen LogP contribution in [0.2, 0.25) is 0 Å². The van der Waals surface area contributed by atoms with Gasteiger partial charge in [0.1, 0.15) is 29.8 Å². The zero-order valence-corrected chi connectivity index (χ0v) is 25.2. The second kappa shape index (κ2) is 12.0. The minimum absolute atomic E-state index is 0.274. The SMILES string of the molecule is CCOCc1nc2c(NC(c3ccccc3)(c3ccccc3)c3ccccc3)nc3cc(C=O)ccc3c2n1CC(C)(C)O. The molecule has 0 bridgehead atoms. The van der Waals surface area contributed by atoms with Gasteiger partial charge in [-0.05, 0) is 49.6 Å². The fraction of sp³-hybridized carbons (Fsp3) is 0.216. The van der Waals surface area contributed by atoms with Crippen molar-refractivity contribution in [2.24, 2.45) is 0 Å². The number of hydrogen-bond donors (Lipinski definition) is 2. The maximum Gasteiger partial charge on any atom is 0.156 e. The summed E-state index contributed by atoms with van der Waals surface area (Å²) in [6, 6.07) is 36.4. The summed E-state index contributed by atoms with van der Waals surface area (Å²) in [5, 5.41) is 15.7. The molecule has 2 aromatic heterocycles. The summed E-state index contributed by atoms with van der Waals surface area (Å²) in [4.78, 5) is 22.1. The number of aldehydes is 1. The molecule has 6 rings (SSSR count). The number of rotatable bonds is 11. The quantitative estimate of drug-likeness (QED) is 0.125. The molecule has 4 aromatic carbocycles. The van der Waals surface area contributed by atoms with Gasteiger partial charge < -0.3 is 19.7 Å². The Labute approximate surface area is 257 Å². The number of ether oxygens (including phenoxy) is 1. The predicted molar refractivity (Wildman–Crippen MR) is 175 cm³/mol. The van der Waals surface area contributed by atoms with Gasteiger partial charge in [-0.1, -0.05) is 97.1 Å². The lowest BCUT2D eigenvalue weighted by Crippen LogP contribution is -2.38. The molecule has 44 heavy (non-hydrogen) atoms. The highest BCUT2D eigenvalue weighted by molar-refractivity contribution is 6.08. The van der Waals surface area contributed by atoms with Crippen molar-refractivity contribution in [3.05, 3.63) is 137 Å². The Morgan fingerprint density at radius 3 is 1.91 bits per heavy atom. The molecule has 0 radical (unpaired) electrons. The molecule has 0 amide bonds. The lowest BCUT2D eigenvalue weighted by atomic mass is 9.77. The van der Waals surface area contributed by atoms with E-state index in [9.17, 15) is 9.90 Å². The molecule has 2 heterocycles. The van der Waals surface area contributed by atoms with Crippen LogP contribution in [0, 0.1) is 0 Å². The van der Waals surface area contributed by atoms with E-state index in [0.29, 0.717) is 41.4 Å². The summed E-state index contributed by atoms with van der Waals surface area (Å²) >= 11 is 0. The topological polar surface area (TPSA) is 89.3 Å². The smallest absolute Gasteiger partial charge is 0.156 e. The van der Waals surface area contributed by atoms with Gasteiger partial charge in [-0.15, -0.1) is 0 Å². The number of hydrogen-bond acceptors (Lipinski definition) is 6. The van der Waals surface area contributed by atoms with Gasteiger partial charge in [-0.25, -0.2) is 9.97 Å². The summed E-state index contributed by atoms with van der Waals surface area (Å²) in [6.45, 7) is 6.60. The number of nitrogens with zero attached hydrogens (tertiary/aromatic N) is 3. The van der Waals surface area contributed by atoms with Gasteiger partial charge in [0.2, 0.25) is 0 Å². The number of carbonyl (C=O) groups excluding carboxylic acids is 1. The Balaban J connectivity index is 1.71. The van der Waals surface area contributed by atoms with Crippen LogP contribution in [-0.2, 0) is 23.4 Å². The molecule has 2 N–H and O–H groups in total. The third-order valence-electron chi connectivity index (χ3n) is 7.82. The lowest BCUT2D eigenvalue weighted by Gasteiger charge is -2.37. The average Bonchev–Trinajstić information content (AvgIpc) is 3.40. The van der Waals surface area contributed by atoms with Crippen molar-refractivity contribution in [3.8, 4) is 0 Å². The van der Waals surface area contributed by atoms with Crippen molar-refractivity contribution in [1.29, 1.82) is 0 Å². The van der Waals surface area contributed by atoms with E-state index in [1.54, 1.807) is 26.0 Å². The lowest BCUT2D eigenvalue weighted by molar-refractivity contribution is 0.0582. The Bertz CT molecular complexity index is 1800. The van der Waals surface area contributed by atoms with E-state index in [-0.39, 0.29) is 6.61 Å². The monoisotopic (exact) mass is 584 g/mol. The van der Waals surface area contributed by atoms with E-state index in [1.165, 1.54) is 0 Å². The van der Waals surface area contributed by atoms with Crippen molar-refractivity contribution < 1.29 is 14.6 Å². The number of carbonyl (C=O) groups is 1. The van der Waals surface area contributed by atoms with Crippen molar-refractivity contribution in [2.75, 3.05) is 11.9 Å². The van der Waals surface area contributed by atoms with Gasteiger partial charge in [-0.3, -0.25) is 4.79 Å². The molecule has 7 heteroatoms. The highest BCUT2D eigenvalue weighted by Crippen LogP contribution is 2.42. The highest BCUT2D eigenvalue weighted by atomic mass is 16.5. The van der Waals surface area contributed by atoms with Crippen molar-refractivity contribution in [3.63, 3.8) is 0 Å². The van der Waals surface area contributed by atoms with E-state index >= 15 is 0 Å². The van der Waals surface area contributed by atoms with Gasteiger partial charge >= 0.3 is 0 Å². The van der Waals surface area contributed by atoms with Crippen molar-refractivity contribution in [2.45, 2.75) is 45.1 Å². The third kappa shape index (κ3) is 5.48. The Morgan fingerprint density at radius 2 is 1.41 bits per heavy atom. The summed E-state index contributed by atoms with van der Waals surface area (Å²) in [6.07, 6.45) is 0.829. The maximum atomic E-state index is 11.8. The van der Waals surface area contributed by atoms with Gasteiger partial charge in [0.15, 0.2) is 5.82 Å². The number of aromatic nitrogens is 3. The first kappa shape index (κ1) is 29.2. The number of pyridine rings is 1. The first-order chi connectivity index (χ1) is 21.3. The number of benzene rings is 4. The fourth-order valence-corrected chi connectivity index (χ4v) is 5.93. The van der Waals surface area contributed by atoms with E-state index < -0.39 is 11.1 Å². The van der Waals surface area contributed by atoms with Crippen LogP contribution in [0.15, 0.2) is 109 Å². The van der Waals surface area contributed by atoms with E-state index in [0.717, 1.165) is 33.9 Å². The normalized spacial score (nSPS) is 12.1. The zero-order valence-electron chi connectivity index (χ0n) is 25.2. The number of aliphatic hydroxyl groups is 1. The summed E-state index contributed by atoms with van der Waals surface area (Å²) in [5.41, 5.74) is 3.85. The second-order valence-corrected chi connectivity index (χ2v) is 11.6. The molecule has 6 aromatic rings. The minimum atomic E-state index is -1.03. The summed E-state index contributed by atoms with van der Waals surface area (Å²) < 4.78 is 7.87. The first-order valence-corrected chi connectivity index (χ1v) is 14.9. The molecule has 222 valence electrons. The first-order valence-electron chi connectivity index (χ1n) is 14.9. The number of imidazole rings is 1. The van der Waals surface area contributed by atoms with Crippen LogP contribution in [-0.4, -0.2) is 38.1 Å². The van der Waals surface area contributed by atoms with Crippen LogP contribution in [0.5, 0.6) is 0 Å². The van der Waals surface area contributed by atoms with Crippen molar-refractivity contribution in [1.82, 2.24) is 14.5 Å². The van der Waals surface area contributed by atoms with Crippen LogP contribution < -0.4 is 5.32 Å². The van der Waals surface area contributed by atoms with Crippen LogP contribution in [0.1, 0.15) is 53.6 Å². The minimum Gasteiger partial charge on any atom is -0.389 e.